The van der Waals surface area contributed by atoms with E-state index >= 15 is 0 Å². The van der Waals surface area contributed by atoms with Crippen LogP contribution in [-0.2, 0) is 23.7 Å². The van der Waals surface area contributed by atoms with E-state index in [-0.39, 0.29) is 18.9 Å². The molecule has 12 atom stereocenters. The third-order valence-corrected chi connectivity index (χ3v) is 21.4. The van der Waals surface area contributed by atoms with Crippen LogP contribution in [0.3, 0.4) is 0 Å². The van der Waals surface area contributed by atoms with Crippen LogP contribution in [0, 0.1) is 0 Å². The molecule has 103 heavy (non-hydrogen) atoms. The molecule has 0 saturated carbocycles. The van der Waals surface area contributed by atoms with Crippen molar-refractivity contribution in [2.75, 3.05) is 19.8 Å². The van der Waals surface area contributed by atoms with E-state index in [1.165, 1.54) is 321 Å². The highest BCUT2D eigenvalue weighted by Gasteiger charge is 2.51. The molecule has 2 saturated heterocycles. The van der Waals surface area contributed by atoms with Crippen LogP contribution < -0.4 is 5.32 Å². The SMILES string of the molecule is CCCCCCC/C=C\C/C=C\CCCCCCCCCCCCCCCCCCCCCCCCCCCCCC(=O)NC(COC1OC(CO)C(OC2OC(CO)C(O)C(O)C2O)C(O)C1O)C(O)/C=C/CC/C=C/CC/C=C/CCCCCCCCCCCCCCCCCCCCCC. The molecule has 0 aromatic heterocycles. The molecule has 2 fully saturated rings. The molecule has 604 valence electrons. The summed E-state index contributed by atoms with van der Waals surface area (Å²) in [5.41, 5.74) is 0. The lowest BCUT2D eigenvalue weighted by molar-refractivity contribution is -0.359. The third-order valence-electron chi connectivity index (χ3n) is 21.4. The minimum atomic E-state index is -1.79. The Morgan fingerprint density at radius 2 is 0.650 bits per heavy atom. The maximum atomic E-state index is 13.4. The van der Waals surface area contributed by atoms with Crippen molar-refractivity contribution in [2.45, 2.75) is 479 Å². The second-order valence-corrected chi connectivity index (χ2v) is 31.0. The van der Waals surface area contributed by atoms with Crippen molar-refractivity contribution in [1.29, 1.82) is 0 Å². The molecule has 0 radical (unpaired) electrons. The molecule has 2 heterocycles. The predicted molar refractivity (Wildman–Crippen MR) is 429 cm³/mol. The molecule has 2 rings (SSSR count). The molecule has 9 N–H and O–H groups in total. The Bertz CT molecular complexity index is 1960. The number of allylic oxidation sites excluding steroid dienone is 9. The van der Waals surface area contributed by atoms with Crippen molar-refractivity contribution in [2.24, 2.45) is 0 Å². The molecule has 2 aliphatic heterocycles. The van der Waals surface area contributed by atoms with Gasteiger partial charge in [0.1, 0.15) is 48.8 Å². The monoisotopic (exact) mass is 1460 g/mol. The van der Waals surface area contributed by atoms with E-state index in [0.29, 0.717) is 12.8 Å². The van der Waals surface area contributed by atoms with Gasteiger partial charge in [0, 0.05) is 6.42 Å². The van der Waals surface area contributed by atoms with Gasteiger partial charge in [0.25, 0.3) is 0 Å². The minimum absolute atomic E-state index is 0.246. The molecule has 14 heteroatoms. The van der Waals surface area contributed by atoms with Crippen LogP contribution in [-0.4, -0.2) is 140 Å². The molecular weight excluding hydrogens is 1290 g/mol. The number of hydrogen-bond donors (Lipinski definition) is 9. The molecule has 0 aromatic rings. The number of ether oxygens (including phenoxy) is 4. The fraction of sp³-hybridized carbons (Fsp3) is 0.876. The van der Waals surface area contributed by atoms with Gasteiger partial charge in [0.2, 0.25) is 5.91 Å². The smallest absolute Gasteiger partial charge is 0.220 e. The van der Waals surface area contributed by atoms with Gasteiger partial charge in [-0.1, -0.05) is 383 Å². The lowest BCUT2D eigenvalue weighted by atomic mass is 9.97. The summed E-state index contributed by atoms with van der Waals surface area (Å²) in [6.07, 6.45) is 83.4. The van der Waals surface area contributed by atoms with E-state index in [0.717, 1.165) is 51.4 Å². The first kappa shape index (κ1) is 96.8. The maximum absolute atomic E-state index is 13.4. The second-order valence-electron chi connectivity index (χ2n) is 31.0. The fourth-order valence-corrected chi connectivity index (χ4v) is 14.5. The zero-order valence-corrected chi connectivity index (χ0v) is 66.6. The maximum Gasteiger partial charge on any atom is 0.220 e. The van der Waals surface area contributed by atoms with Gasteiger partial charge in [-0.3, -0.25) is 4.79 Å². The van der Waals surface area contributed by atoms with Gasteiger partial charge in [-0.25, -0.2) is 0 Å². The first-order chi connectivity index (χ1) is 50.6. The van der Waals surface area contributed by atoms with Gasteiger partial charge in [0.05, 0.1) is 32.0 Å². The topological polar surface area (TPSA) is 228 Å². The number of nitrogens with one attached hydrogen (secondary N) is 1. The summed E-state index contributed by atoms with van der Waals surface area (Å²) in [5, 5.41) is 87.8. The molecule has 0 aliphatic carbocycles. The normalized spacial score (nSPS) is 21.8. The van der Waals surface area contributed by atoms with E-state index in [1.807, 2.05) is 6.08 Å². The molecule has 0 spiro atoms. The average Bonchev–Trinajstić information content (AvgIpc) is 0.791. The van der Waals surface area contributed by atoms with Crippen LogP contribution in [0.2, 0.25) is 0 Å². The Labute approximate surface area is 632 Å². The summed E-state index contributed by atoms with van der Waals surface area (Å²) in [6.45, 7) is 2.83. The van der Waals surface area contributed by atoms with Crippen LogP contribution in [0.25, 0.3) is 0 Å². The zero-order chi connectivity index (χ0) is 74.4. The second kappa shape index (κ2) is 72.5. The van der Waals surface area contributed by atoms with Crippen LogP contribution in [0.15, 0.2) is 60.8 Å². The summed E-state index contributed by atoms with van der Waals surface area (Å²) in [7, 11) is 0. The van der Waals surface area contributed by atoms with Gasteiger partial charge in [-0.05, 0) is 77.0 Å². The largest absolute Gasteiger partial charge is 0.394 e. The molecule has 14 nitrogen and oxygen atoms in total. The van der Waals surface area contributed by atoms with Crippen molar-refractivity contribution in [3.8, 4) is 0 Å². The lowest BCUT2D eigenvalue weighted by Gasteiger charge is -2.46. The first-order valence-electron chi connectivity index (χ1n) is 44.0. The Balaban J connectivity index is 1.58. The predicted octanol–water partition coefficient (Wildman–Crippen LogP) is 21.1. The number of amides is 1. The van der Waals surface area contributed by atoms with Gasteiger partial charge in [-0.2, -0.15) is 0 Å². The summed E-state index contributed by atoms with van der Waals surface area (Å²) >= 11 is 0. The van der Waals surface area contributed by atoms with E-state index in [4.69, 9.17) is 18.9 Å². The number of rotatable bonds is 75. The Morgan fingerprint density at radius 3 is 1.01 bits per heavy atom. The minimum Gasteiger partial charge on any atom is -0.394 e. The summed E-state index contributed by atoms with van der Waals surface area (Å²) in [4.78, 5) is 13.4. The third kappa shape index (κ3) is 54.9. The zero-order valence-electron chi connectivity index (χ0n) is 66.6. The Kier molecular flexibility index (Phi) is 68.2. The van der Waals surface area contributed by atoms with E-state index < -0.39 is 86.8 Å². The van der Waals surface area contributed by atoms with Crippen molar-refractivity contribution in [1.82, 2.24) is 5.32 Å². The fourth-order valence-electron chi connectivity index (χ4n) is 14.5. The average molecular weight is 1460 g/mol. The van der Waals surface area contributed by atoms with Crippen molar-refractivity contribution in [3.63, 3.8) is 0 Å². The van der Waals surface area contributed by atoms with Gasteiger partial charge < -0.3 is 65.1 Å². The van der Waals surface area contributed by atoms with Crippen LogP contribution in [0.4, 0.5) is 0 Å². The molecule has 12 unspecified atom stereocenters. The van der Waals surface area contributed by atoms with E-state index in [2.05, 4.69) is 67.8 Å². The van der Waals surface area contributed by atoms with E-state index in [1.54, 1.807) is 6.08 Å². The summed E-state index contributed by atoms with van der Waals surface area (Å²) in [5.74, 6) is -0.246. The number of hydrogen-bond acceptors (Lipinski definition) is 13. The van der Waals surface area contributed by atoms with Crippen molar-refractivity contribution >= 4 is 5.91 Å². The molecule has 0 aromatic carbocycles. The lowest BCUT2D eigenvalue weighted by Crippen LogP contribution is -2.65. The highest BCUT2D eigenvalue weighted by molar-refractivity contribution is 5.76. The summed E-state index contributed by atoms with van der Waals surface area (Å²) in [6, 6.07) is -0.941. The van der Waals surface area contributed by atoms with Crippen LogP contribution in [0.1, 0.15) is 406 Å². The number of carbonyl (C=O) groups excluding carboxylic acids is 1. The number of aliphatic hydroxyl groups excluding tert-OH is 8. The van der Waals surface area contributed by atoms with Gasteiger partial charge in [0.15, 0.2) is 12.6 Å². The standard InChI is InChI=1S/C89H165NO13/c1-3-5-7-9-11-13-15-17-19-21-23-25-27-29-31-33-35-36-37-38-39-40-41-42-43-45-47-49-51-53-55-57-59-61-63-65-67-69-71-73-81(94)90-77(76-100-88-86(99)84(97)87(80(75-92)102-88)103-89-85(98)83(96)82(95)79(74-91)101-89)78(93)72-70-68-66-64-62-60-58-56-54-52-50-48-46-44-34-32-30-28-26-24-22-20-18-16-14-12-10-8-6-4-2/h15,17,21,23,54,56,62,64,70,72,77-80,82-89,91-93,95-99H,3-14,16,18-20,22,24-53,55,57-61,63,65-69,71,73-76H2,1-2H3,(H,90,94)/b17-15-,23-21-,56-54+,64-62+,72-70+. The molecular formula is C89H165NO13. The highest BCUT2D eigenvalue weighted by Crippen LogP contribution is 2.30. The van der Waals surface area contributed by atoms with Crippen LogP contribution in [0.5, 0.6) is 0 Å². The van der Waals surface area contributed by atoms with Crippen molar-refractivity contribution in [3.05, 3.63) is 60.8 Å². The van der Waals surface area contributed by atoms with E-state index in [9.17, 15) is 45.6 Å². The Morgan fingerprint density at radius 1 is 0.350 bits per heavy atom. The highest BCUT2D eigenvalue weighted by atomic mass is 16.7. The molecule has 1 amide bonds. The Hall–Kier alpha value is -2.31. The quantitative estimate of drug-likeness (QED) is 0.0204. The summed E-state index contributed by atoms with van der Waals surface area (Å²) < 4.78 is 22.9. The molecule has 0 bridgehead atoms. The molecule has 2 aliphatic rings. The first-order valence-corrected chi connectivity index (χ1v) is 44.0. The van der Waals surface area contributed by atoms with Gasteiger partial charge in [-0.15, -0.1) is 0 Å². The van der Waals surface area contributed by atoms with Crippen LogP contribution >= 0.6 is 0 Å². The number of aliphatic hydroxyl groups is 8. The van der Waals surface area contributed by atoms with Gasteiger partial charge >= 0.3 is 0 Å². The number of carbonyl (C=O) groups is 1. The van der Waals surface area contributed by atoms with Crippen molar-refractivity contribution < 1.29 is 64.6 Å². The number of unbranched alkanes of at least 4 members (excludes halogenated alkanes) is 54.